The van der Waals surface area contributed by atoms with Crippen LogP contribution in [0.25, 0.3) is 0 Å². The normalized spacial score (nSPS) is 12.0. The molecule has 0 bridgehead atoms. The first-order valence-electron chi connectivity index (χ1n) is 20.6. The van der Waals surface area contributed by atoms with E-state index in [4.69, 9.17) is 14.2 Å². The van der Waals surface area contributed by atoms with Crippen molar-refractivity contribution in [2.75, 3.05) is 0 Å². The molecule has 302 valence electrons. The first kappa shape index (κ1) is 42.9. The van der Waals surface area contributed by atoms with Crippen molar-refractivity contribution < 1.29 is 14.2 Å². The third-order valence-corrected chi connectivity index (χ3v) is 11.9. The Balaban J connectivity index is 0.000000207. The monoisotopic (exact) mass is 798 g/mol. The zero-order valence-corrected chi connectivity index (χ0v) is 37.0. The average Bonchev–Trinajstić information content (AvgIpc) is 3.20. The SMILES string of the molecule is CC(C)(C)Oc1ccc([S+](c2ccc(OC(C)(C)C)cc2)c2ccc(OC(C)(C)C)cc2)cc1.c1ccc([B-](c2ccccc2)(c2ccccc2)c2ccccc2)cc1. The Morgan fingerprint density at radius 1 is 0.288 bits per heavy atom. The molecule has 0 aliphatic heterocycles. The summed E-state index contributed by atoms with van der Waals surface area (Å²) in [6, 6.07) is 68.9. The van der Waals surface area contributed by atoms with Crippen molar-refractivity contribution in [1.29, 1.82) is 0 Å². The second-order valence-corrected chi connectivity index (χ2v) is 19.9. The van der Waals surface area contributed by atoms with E-state index in [1.54, 1.807) is 0 Å². The lowest BCUT2D eigenvalue weighted by Crippen LogP contribution is -2.74. The number of hydrogen-bond acceptors (Lipinski definition) is 3. The third-order valence-electron chi connectivity index (χ3n) is 9.65. The maximum absolute atomic E-state index is 6.04. The molecule has 0 radical (unpaired) electrons. The van der Waals surface area contributed by atoms with Gasteiger partial charge < -0.3 is 14.2 Å². The standard InChI is InChI=1S/C30H39O3S.C24H20B/c1-28(2,3)31-22-10-16-25(17-11-22)34(26-18-12-23(13-19-26)32-29(4,5)6)27-20-14-24(15-21-27)33-30(7,8)9;1-5-13-21(14-6-1)25(22-15-7-2-8-16-22,23-17-9-3-10-18-23)24-19-11-4-12-20-24/h10-21H,1-9H3;1-20H/q+1;-1. The predicted octanol–water partition coefficient (Wildman–Crippen LogP) is 11.4. The van der Waals surface area contributed by atoms with E-state index in [2.05, 4.69) is 256 Å². The summed E-state index contributed by atoms with van der Waals surface area (Å²) in [5.41, 5.74) is 4.67. The van der Waals surface area contributed by atoms with Crippen LogP contribution in [0.3, 0.4) is 0 Å². The molecule has 7 aromatic carbocycles. The first-order valence-corrected chi connectivity index (χ1v) is 21.8. The summed E-state index contributed by atoms with van der Waals surface area (Å²) in [6.45, 7) is 18.6. The molecular formula is C54H59BO3S. The molecule has 5 heteroatoms. The molecule has 0 atom stereocenters. The Morgan fingerprint density at radius 3 is 0.678 bits per heavy atom. The Hall–Kier alpha value is -5.65. The number of ether oxygens (including phenoxy) is 3. The van der Waals surface area contributed by atoms with Crippen molar-refractivity contribution >= 4 is 38.9 Å². The van der Waals surface area contributed by atoms with Gasteiger partial charge in [0.1, 0.15) is 40.2 Å². The van der Waals surface area contributed by atoms with Crippen LogP contribution >= 0.6 is 0 Å². The molecule has 0 aromatic heterocycles. The molecule has 7 aromatic rings. The smallest absolute Gasteiger partial charge is 0.166 e. The zero-order chi connectivity index (χ0) is 42.1. The molecule has 3 nitrogen and oxygen atoms in total. The van der Waals surface area contributed by atoms with E-state index >= 15 is 0 Å². The third kappa shape index (κ3) is 11.5. The van der Waals surface area contributed by atoms with Crippen LogP contribution in [-0.2, 0) is 10.9 Å². The van der Waals surface area contributed by atoms with Crippen molar-refractivity contribution in [3.8, 4) is 17.2 Å². The van der Waals surface area contributed by atoms with Crippen LogP contribution in [0.5, 0.6) is 17.2 Å². The molecule has 0 spiro atoms. The van der Waals surface area contributed by atoms with E-state index in [0.717, 1.165) is 17.2 Å². The summed E-state index contributed by atoms with van der Waals surface area (Å²) >= 11 is 0. The molecule has 0 saturated carbocycles. The summed E-state index contributed by atoms with van der Waals surface area (Å²) in [4.78, 5) is 3.70. The van der Waals surface area contributed by atoms with E-state index < -0.39 is 6.15 Å². The van der Waals surface area contributed by atoms with Gasteiger partial charge in [-0.1, -0.05) is 121 Å². The fourth-order valence-corrected chi connectivity index (χ4v) is 9.56. The second-order valence-electron chi connectivity index (χ2n) is 17.9. The van der Waals surface area contributed by atoms with Gasteiger partial charge in [-0.3, -0.25) is 0 Å². The minimum absolute atomic E-state index is 0.227. The fourth-order valence-electron chi connectivity index (χ4n) is 7.52. The van der Waals surface area contributed by atoms with Gasteiger partial charge in [-0.05, 0) is 135 Å². The van der Waals surface area contributed by atoms with E-state index in [1.165, 1.54) is 36.5 Å². The lowest BCUT2D eigenvalue weighted by atomic mass is 9.13. The van der Waals surface area contributed by atoms with Crippen molar-refractivity contribution in [3.05, 3.63) is 194 Å². The van der Waals surface area contributed by atoms with Crippen LogP contribution < -0.4 is 36.1 Å². The second kappa shape index (κ2) is 18.5. The predicted molar refractivity (Wildman–Crippen MR) is 253 cm³/mol. The van der Waals surface area contributed by atoms with Crippen molar-refractivity contribution in [1.82, 2.24) is 0 Å². The van der Waals surface area contributed by atoms with Crippen molar-refractivity contribution in [3.63, 3.8) is 0 Å². The molecule has 7 rings (SSSR count). The zero-order valence-electron chi connectivity index (χ0n) is 36.2. The summed E-state index contributed by atoms with van der Waals surface area (Å²) in [5, 5.41) is 0. The minimum atomic E-state index is -1.22. The van der Waals surface area contributed by atoms with Crippen LogP contribution in [0, 0.1) is 0 Å². The van der Waals surface area contributed by atoms with Crippen LogP contribution in [0.1, 0.15) is 62.3 Å². The first-order chi connectivity index (χ1) is 28.1. The highest BCUT2D eigenvalue weighted by Gasteiger charge is 2.32. The Morgan fingerprint density at radius 2 is 0.492 bits per heavy atom. The van der Waals surface area contributed by atoms with E-state index in [0.29, 0.717) is 0 Å². The Kier molecular flexibility index (Phi) is 13.5. The number of benzene rings is 7. The highest BCUT2D eigenvalue weighted by atomic mass is 32.2. The van der Waals surface area contributed by atoms with Crippen LogP contribution in [0.4, 0.5) is 0 Å². The molecule has 0 aliphatic rings. The fraction of sp³-hybridized carbons (Fsp3) is 0.222. The largest absolute Gasteiger partial charge is 0.488 e. The van der Waals surface area contributed by atoms with Crippen LogP contribution in [-0.4, -0.2) is 22.9 Å². The van der Waals surface area contributed by atoms with Crippen molar-refractivity contribution in [2.24, 2.45) is 0 Å². The topological polar surface area (TPSA) is 27.7 Å². The van der Waals surface area contributed by atoms with Gasteiger partial charge in [0.05, 0.1) is 10.9 Å². The maximum Gasteiger partial charge on any atom is 0.166 e. The van der Waals surface area contributed by atoms with Gasteiger partial charge in [0.25, 0.3) is 0 Å². The lowest BCUT2D eigenvalue weighted by molar-refractivity contribution is 0.130. The summed E-state index contributed by atoms with van der Waals surface area (Å²) in [7, 11) is -0.276. The minimum Gasteiger partial charge on any atom is -0.488 e. The van der Waals surface area contributed by atoms with Gasteiger partial charge in [0.2, 0.25) is 0 Å². The Bertz CT molecular complexity index is 2010. The van der Waals surface area contributed by atoms with Crippen LogP contribution in [0.15, 0.2) is 209 Å². The highest BCUT2D eigenvalue weighted by Crippen LogP contribution is 2.35. The van der Waals surface area contributed by atoms with E-state index in [1.807, 2.05) is 0 Å². The molecule has 59 heavy (non-hydrogen) atoms. The maximum atomic E-state index is 6.04. The van der Waals surface area contributed by atoms with E-state index in [9.17, 15) is 0 Å². The molecular weight excluding hydrogens is 739 g/mol. The molecule has 0 N–H and O–H groups in total. The number of hydrogen-bond donors (Lipinski definition) is 0. The highest BCUT2D eigenvalue weighted by molar-refractivity contribution is 7.97. The van der Waals surface area contributed by atoms with Gasteiger partial charge in [0, 0.05) is 0 Å². The van der Waals surface area contributed by atoms with Gasteiger partial charge in [-0.2, -0.15) is 21.9 Å². The molecule has 0 amide bonds. The molecule has 0 heterocycles. The molecule has 0 saturated heterocycles. The quantitative estimate of drug-likeness (QED) is 0.102. The summed E-state index contributed by atoms with van der Waals surface area (Å²) < 4.78 is 18.1. The van der Waals surface area contributed by atoms with Crippen LogP contribution in [0.2, 0.25) is 0 Å². The van der Waals surface area contributed by atoms with Gasteiger partial charge in [0.15, 0.2) is 14.7 Å². The lowest BCUT2D eigenvalue weighted by Gasteiger charge is -2.44. The molecule has 0 unspecified atom stereocenters. The van der Waals surface area contributed by atoms with Gasteiger partial charge >= 0.3 is 0 Å². The molecule has 0 aliphatic carbocycles. The van der Waals surface area contributed by atoms with Gasteiger partial charge in [-0.25, -0.2) is 0 Å². The summed E-state index contributed by atoms with van der Waals surface area (Å²) in [6.07, 6.45) is -1.22. The summed E-state index contributed by atoms with van der Waals surface area (Å²) in [5.74, 6) is 2.63. The Labute approximate surface area is 356 Å². The van der Waals surface area contributed by atoms with E-state index in [-0.39, 0.29) is 27.7 Å². The average molecular weight is 799 g/mol. The van der Waals surface area contributed by atoms with Gasteiger partial charge in [-0.15, -0.1) is 0 Å². The number of rotatable bonds is 10. The van der Waals surface area contributed by atoms with Crippen molar-refractivity contribution in [2.45, 2.75) is 93.8 Å². The molecule has 0 fully saturated rings.